The Labute approximate surface area is 176 Å². The Morgan fingerprint density at radius 3 is 2.06 bits per heavy atom. The van der Waals surface area contributed by atoms with Gasteiger partial charge in [-0.2, -0.15) is 0 Å². The fourth-order valence-corrected chi connectivity index (χ4v) is 3.00. The molecule has 8 heteroatoms. The van der Waals surface area contributed by atoms with Crippen molar-refractivity contribution in [3.05, 3.63) is 83.4 Å². The van der Waals surface area contributed by atoms with Crippen molar-refractivity contribution in [1.29, 1.82) is 0 Å². The quantitative estimate of drug-likeness (QED) is 0.374. The van der Waals surface area contributed by atoms with Gasteiger partial charge in [0.25, 0.3) is 17.7 Å². The lowest BCUT2D eigenvalue weighted by Crippen LogP contribution is -2.19. The highest BCUT2D eigenvalue weighted by Gasteiger charge is 2.26. The molecule has 0 saturated carbocycles. The standard InChI is InChI=1S/C23H16N2O6/c1-13(26)30-16-6-2-14(3-7-16)21(27)24-15-4-8-17(9-5-15)31-18-10-11-19-20(12-18)23(29)25-22(19)28/h2-12H,1H3,(H,24,27)(H,25,28,29). The van der Waals surface area contributed by atoms with Crippen molar-refractivity contribution < 1.29 is 28.7 Å². The number of rotatable bonds is 5. The molecule has 3 aromatic rings. The van der Waals surface area contributed by atoms with Gasteiger partial charge in [-0.15, -0.1) is 0 Å². The number of carbonyl (C=O) groups excluding carboxylic acids is 4. The minimum atomic E-state index is -0.454. The number of amides is 3. The van der Waals surface area contributed by atoms with Gasteiger partial charge in [0.1, 0.15) is 17.2 Å². The van der Waals surface area contributed by atoms with Crippen molar-refractivity contribution in [1.82, 2.24) is 5.32 Å². The summed E-state index contributed by atoms with van der Waals surface area (Å²) in [6, 6.07) is 17.5. The number of fused-ring (bicyclic) bond motifs is 1. The first kappa shape index (κ1) is 19.8. The van der Waals surface area contributed by atoms with Crippen LogP contribution in [0.2, 0.25) is 0 Å². The number of esters is 1. The lowest BCUT2D eigenvalue weighted by atomic mass is 10.1. The van der Waals surface area contributed by atoms with Gasteiger partial charge in [-0.1, -0.05) is 0 Å². The van der Waals surface area contributed by atoms with Crippen LogP contribution >= 0.6 is 0 Å². The molecule has 8 nitrogen and oxygen atoms in total. The molecule has 0 atom stereocenters. The van der Waals surface area contributed by atoms with Crippen LogP contribution in [0.15, 0.2) is 66.7 Å². The van der Waals surface area contributed by atoms with Crippen LogP contribution in [0.4, 0.5) is 5.69 Å². The van der Waals surface area contributed by atoms with Crippen molar-refractivity contribution in [2.45, 2.75) is 6.92 Å². The van der Waals surface area contributed by atoms with Crippen LogP contribution in [0.5, 0.6) is 17.2 Å². The molecule has 3 aromatic carbocycles. The van der Waals surface area contributed by atoms with Crippen molar-refractivity contribution in [2.24, 2.45) is 0 Å². The summed E-state index contributed by atoms with van der Waals surface area (Å²) in [5, 5.41) is 4.99. The van der Waals surface area contributed by atoms with Crippen molar-refractivity contribution in [2.75, 3.05) is 5.32 Å². The van der Waals surface area contributed by atoms with Gasteiger partial charge in [0.05, 0.1) is 11.1 Å². The van der Waals surface area contributed by atoms with Crippen molar-refractivity contribution in [3.63, 3.8) is 0 Å². The number of benzene rings is 3. The summed E-state index contributed by atoms with van der Waals surface area (Å²) in [7, 11) is 0. The van der Waals surface area contributed by atoms with Crippen LogP contribution in [-0.4, -0.2) is 23.7 Å². The molecule has 3 amide bonds. The van der Waals surface area contributed by atoms with E-state index < -0.39 is 17.8 Å². The molecule has 154 valence electrons. The summed E-state index contributed by atoms with van der Waals surface area (Å²) in [5.74, 6) is -0.369. The van der Waals surface area contributed by atoms with Crippen LogP contribution in [0.3, 0.4) is 0 Å². The third kappa shape index (κ3) is 4.43. The Kier molecular flexibility index (Phi) is 5.19. The monoisotopic (exact) mass is 416 g/mol. The molecule has 31 heavy (non-hydrogen) atoms. The largest absolute Gasteiger partial charge is 0.457 e. The minimum Gasteiger partial charge on any atom is -0.457 e. The Morgan fingerprint density at radius 1 is 0.774 bits per heavy atom. The highest BCUT2D eigenvalue weighted by Crippen LogP contribution is 2.27. The lowest BCUT2D eigenvalue weighted by molar-refractivity contribution is -0.131. The first-order chi connectivity index (χ1) is 14.9. The number of hydrogen-bond acceptors (Lipinski definition) is 6. The average Bonchev–Trinajstić information content (AvgIpc) is 3.02. The summed E-state index contributed by atoms with van der Waals surface area (Å²) in [5.41, 5.74) is 1.55. The van der Waals surface area contributed by atoms with E-state index in [1.54, 1.807) is 42.5 Å². The molecule has 0 saturated heterocycles. The number of anilines is 1. The molecule has 2 N–H and O–H groups in total. The normalized spacial score (nSPS) is 12.0. The molecule has 0 radical (unpaired) electrons. The van der Waals surface area contributed by atoms with Gasteiger partial charge in [-0.05, 0) is 66.7 Å². The first-order valence-corrected chi connectivity index (χ1v) is 9.26. The Hall–Kier alpha value is -4.46. The molecule has 0 aromatic heterocycles. The summed E-state index contributed by atoms with van der Waals surface area (Å²) in [6.45, 7) is 1.30. The van der Waals surface area contributed by atoms with Gasteiger partial charge in [0, 0.05) is 18.2 Å². The third-order valence-electron chi connectivity index (χ3n) is 4.43. The zero-order chi connectivity index (χ0) is 22.0. The molecule has 0 fully saturated rings. The van der Waals surface area contributed by atoms with Crippen molar-refractivity contribution in [3.8, 4) is 17.2 Å². The number of carbonyl (C=O) groups is 4. The molecule has 0 aliphatic carbocycles. The van der Waals surface area contributed by atoms with E-state index >= 15 is 0 Å². The van der Waals surface area contributed by atoms with E-state index in [0.29, 0.717) is 34.1 Å². The zero-order valence-electron chi connectivity index (χ0n) is 16.3. The van der Waals surface area contributed by atoms with Gasteiger partial charge < -0.3 is 14.8 Å². The highest BCUT2D eigenvalue weighted by molar-refractivity contribution is 6.21. The molecule has 0 spiro atoms. The third-order valence-corrected chi connectivity index (χ3v) is 4.43. The second-order valence-corrected chi connectivity index (χ2v) is 6.69. The van der Waals surface area contributed by atoms with Crippen LogP contribution in [0, 0.1) is 0 Å². The summed E-state index contributed by atoms with van der Waals surface area (Å²) in [4.78, 5) is 46.7. The molecule has 0 unspecified atom stereocenters. The maximum atomic E-state index is 12.4. The highest BCUT2D eigenvalue weighted by atomic mass is 16.5. The SMILES string of the molecule is CC(=O)Oc1ccc(C(=O)Nc2ccc(Oc3ccc4c(c3)C(=O)NC4=O)cc2)cc1. The van der Waals surface area contributed by atoms with E-state index in [1.165, 1.54) is 31.2 Å². The van der Waals surface area contributed by atoms with Gasteiger partial charge in [-0.25, -0.2) is 0 Å². The van der Waals surface area contributed by atoms with E-state index in [-0.39, 0.29) is 11.5 Å². The summed E-state index contributed by atoms with van der Waals surface area (Å²) < 4.78 is 10.7. The maximum Gasteiger partial charge on any atom is 0.308 e. The lowest BCUT2D eigenvalue weighted by Gasteiger charge is -2.09. The first-order valence-electron chi connectivity index (χ1n) is 9.26. The molecule has 1 heterocycles. The molecule has 1 aliphatic heterocycles. The van der Waals surface area contributed by atoms with Crippen LogP contribution < -0.4 is 20.1 Å². The van der Waals surface area contributed by atoms with Crippen molar-refractivity contribution >= 4 is 29.4 Å². The minimum absolute atomic E-state index is 0.270. The second kappa shape index (κ2) is 8.11. The topological polar surface area (TPSA) is 111 Å². The predicted molar refractivity (Wildman–Crippen MR) is 110 cm³/mol. The van der Waals surface area contributed by atoms with Gasteiger partial charge in [-0.3, -0.25) is 24.5 Å². The van der Waals surface area contributed by atoms with Gasteiger partial charge >= 0.3 is 5.97 Å². The fraction of sp³-hybridized carbons (Fsp3) is 0.0435. The van der Waals surface area contributed by atoms with E-state index in [0.717, 1.165) is 0 Å². The Morgan fingerprint density at radius 2 is 1.39 bits per heavy atom. The Balaban J connectivity index is 1.40. The molecule has 1 aliphatic rings. The number of imide groups is 1. The fourth-order valence-electron chi connectivity index (χ4n) is 3.00. The van der Waals surface area contributed by atoms with Crippen LogP contribution in [-0.2, 0) is 4.79 Å². The number of nitrogens with one attached hydrogen (secondary N) is 2. The van der Waals surface area contributed by atoms with E-state index in [1.807, 2.05) is 0 Å². The maximum absolute atomic E-state index is 12.4. The van der Waals surface area contributed by atoms with E-state index in [4.69, 9.17) is 9.47 Å². The molecular weight excluding hydrogens is 400 g/mol. The molecule has 0 bridgehead atoms. The summed E-state index contributed by atoms with van der Waals surface area (Å²) >= 11 is 0. The zero-order valence-corrected chi connectivity index (χ0v) is 16.3. The van der Waals surface area contributed by atoms with E-state index in [2.05, 4.69) is 10.6 Å². The molecular formula is C23H16N2O6. The van der Waals surface area contributed by atoms with Gasteiger partial charge in [0.2, 0.25) is 0 Å². The Bertz CT molecular complexity index is 1200. The van der Waals surface area contributed by atoms with E-state index in [9.17, 15) is 19.2 Å². The number of hydrogen-bond donors (Lipinski definition) is 2. The second-order valence-electron chi connectivity index (χ2n) is 6.69. The average molecular weight is 416 g/mol. The predicted octanol–water partition coefficient (Wildman–Crippen LogP) is 3.54. The molecule has 4 rings (SSSR count). The smallest absolute Gasteiger partial charge is 0.308 e. The van der Waals surface area contributed by atoms with Crippen LogP contribution in [0.25, 0.3) is 0 Å². The van der Waals surface area contributed by atoms with Crippen LogP contribution in [0.1, 0.15) is 38.0 Å². The summed E-state index contributed by atoms with van der Waals surface area (Å²) in [6.07, 6.45) is 0. The van der Waals surface area contributed by atoms with Gasteiger partial charge in [0.15, 0.2) is 0 Å². The number of ether oxygens (including phenoxy) is 2.